The highest BCUT2D eigenvalue weighted by Crippen LogP contribution is 2.23. The van der Waals surface area contributed by atoms with Crippen molar-refractivity contribution in [3.05, 3.63) is 45.6 Å². The number of nitrogens with one attached hydrogen (secondary N) is 1. The molecule has 5 nitrogen and oxygen atoms in total. The summed E-state index contributed by atoms with van der Waals surface area (Å²) in [6.45, 7) is 5.86. The van der Waals surface area contributed by atoms with Gasteiger partial charge in [0.05, 0.1) is 11.5 Å². The van der Waals surface area contributed by atoms with Crippen LogP contribution in [-0.2, 0) is 9.53 Å². The molecule has 2 aromatic rings. The number of carbonyl (C=O) groups is 2. The third-order valence-electron chi connectivity index (χ3n) is 3.14. The molecule has 0 aliphatic carbocycles. The molecule has 1 heterocycles. The SMILES string of the molecule is CCOC(=O)COc1cccc(NC(=O)c2cc(C)c(C)s2)c1. The van der Waals surface area contributed by atoms with Gasteiger partial charge in [0.25, 0.3) is 5.91 Å². The van der Waals surface area contributed by atoms with Crippen LogP contribution in [0.15, 0.2) is 30.3 Å². The molecule has 1 aromatic heterocycles. The quantitative estimate of drug-likeness (QED) is 0.821. The van der Waals surface area contributed by atoms with Crippen molar-refractivity contribution in [3.63, 3.8) is 0 Å². The van der Waals surface area contributed by atoms with Crippen LogP contribution >= 0.6 is 11.3 Å². The molecule has 122 valence electrons. The predicted octanol–water partition coefficient (Wildman–Crippen LogP) is 3.56. The van der Waals surface area contributed by atoms with Crippen LogP contribution in [0.5, 0.6) is 5.75 Å². The lowest BCUT2D eigenvalue weighted by Gasteiger charge is -2.08. The van der Waals surface area contributed by atoms with Crippen LogP contribution in [0.2, 0.25) is 0 Å². The zero-order valence-electron chi connectivity index (χ0n) is 13.3. The molecule has 23 heavy (non-hydrogen) atoms. The summed E-state index contributed by atoms with van der Waals surface area (Å²) in [5.74, 6) is -0.0883. The second-order valence-corrected chi connectivity index (χ2v) is 6.18. The summed E-state index contributed by atoms with van der Waals surface area (Å²) in [4.78, 5) is 25.3. The summed E-state index contributed by atoms with van der Waals surface area (Å²) in [7, 11) is 0. The number of aryl methyl sites for hydroxylation is 2. The van der Waals surface area contributed by atoms with Crippen molar-refractivity contribution < 1.29 is 19.1 Å². The molecule has 2 rings (SSSR count). The fourth-order valence-electron chi connectivity index (χ4n) is 1.89. The van der Waals surface area contributed by atoms with Crippen LogP contribution in [0.4, 0.5) is 5.69 Å². The molecule has 0 saturated carbocycles. The van der Waals surface area contributed by atoms with E-state index >= 15 is 0 Å². The number of hydrogen-bond acceptors (Lipinski definition) is 5. The molecule has 0 unspecified atom stereocenters. The monoisotopic (exact) mass is 333 g/mol. The van der Waals surface area contributed by atoms with Gasteiger partial charge < -0.3 is 14.8 Å². The van der Waals surface area contributed by atoms with E-state index in [1.807, 2.05) is 19.9 Å². The number of rotatable bonds is 6. The second-order valence-electron chi connectivity index (χ2n) is 4.93. The maximum Gasteiger partial charge on any atom is 0.344 e. The van der Waals surface area contributed by atoms with Gasteiger partial charge in [-0.2, -0.15) is 0 Å². The molecule has 0 radical (unpaired) electrons. The summed E-state index contributed by atoms with van der Waals surface area (Å²) >= 11 is 1.46. The largest absolute Gasteiger partial charge is 0.482 e. The standard InChI is InChI=1S/C17H19NO4S/c1-4-21-16(19)10-22-14-7-5-6-13(9-14)18-17(20)15-8-11(2)12(3)23-15/h5-9H,4,10H2,1-3H3,(H,18,20). The van der Waals surface area contributed by atoms with Gasteiger partial charge in [-0.05, 0) is 44.5 Å². The number of esters is 1. The van der Waals surface area contributed by atoms with Gasteiger partial charge in [0.1, 0.15) is 5.75 Å². The molecule has 1 amide bonds. The molecule has 1 N–H and O–H groups in total. The first-order valence-electron chi connectivity index (χ1n) is 7.26. The minimum absolute atomic E-state index is 0.158. The smallest absolute Gasteiger partial charge is 0.344 e. The normalized spacial score (nSPS) is 10.2. The Balaban J connectivity index is 1.99. The lowest BCUT2D eigenvalue weighted by molar-refractivity contribution is -0.145. The summed E-state index contributed by atoms with van der Waals surface area (Å²) in [5.41, 5.74) is 1.71. The molecule has 0 aliphatic heterocycles. The van der Waals surface area contributed by atoms with E-state index in [0.717, 1.165) is 10.4 Å². The van der Waals surface area contributed by atoms with Crippen molar-refractivity contribution in [1.82, 2.24) is 0 Å². The molecule has 0 fully saturated rings. The number of hydrogen-bond donors (Lipinski definition) is 1. The zero-order valence-corrected chi connectivity index (χ0v) is 14.2. The summed E-state index contributed by atoms with van der Waals surface area (Å²) < 4.78 is 10.1. The van der Waals surface area contributed by atoms with Gasteiger partial charge in [0.2, 0.25) is 0 Å². The summed E-state index contributed by atoms with van der Waals surface area (Å²) in [6, 6.07) is 8.78. The molecule has 1 aromatic carbocycles. The van der Waals surface area contributed by atoms with E-state index in [2.05, 4.69) is 5.32 Å². The van der Waals surface area contributed by atoms with Crippen molar-refractivity contribution in [2.75, 3.05) is 18.5 Å². The number of benzene rings is 1. The highest BCUT2D eigenvalue weighted by molar-refractivity contribution is 7.14. The van der Waals surface area contributed by atoms with Gasteiger partial charge in [-0.3, -0.25) is 4.79 Å². The Morgan fingerprint density at radius 3 is 2.65 bits per heavy atom. The number of anilines is 1. The lowest BCUT2D eigenvalue weighted by Crippen LogP contribution is -2.15. The Morgan fingerprint density at radius 2 is 2.00 bits per heavy atom. The Hall–Kier alpha value is -2.34. The van der Waals surface area contributed by atoms with Gasteiger partial charge in [0, 0.05) is 16.6 Å². The van der Waals surface area contributed by atoms with Crippen LogP contribution in [0.3, 0.4) is 0 Å². The Morgan fingerprint density at radius 1 is 1.22 bits per heavy atom. The molecular formula is C17H19NO4S. The highest BCUT2D eigenvalue weighted by atomic mass is 32.1. The fraction of sp³-hybridized carbons (Fsp3) is 0.294. The average Bonchev–Trinajstić information content (AvgIpc) is 2.86. The first kappa shape index (κ1) is 17.0. The molecular weight excluding hydrogens is 314 g/mol. The van der Waals surface area contributed by atoms with Crippen LogP contribution in [0.25, 0.3) is 0 Å². The highest BCUT2D eigenvalue weighted by Gasteiger charge is 2.11. The van der Waals surface area contributed by atoms with E-state index in [0.29, 0.717) is 22.9 Å². The lowest BCUT2D eigenvalue weighted by atomic mass is 10.2. The van der Waals surface area contributed by atoms with Gasteiger partial charge >= 0.3 is 5.97 Å². The third-order valence-corrected chi connectivity index (χ3v) is 4.30. The Labute approximate surface area is 139 Å². The fourth-order valence-corrected chi connectivity index (χ4v) is 2.82. The van der Waals surface area contributed by atoms with Crippen molar-refractivity contribution in [2.24, 2.45) is 0 Å². The molecule has 0 aliphatic rings. The maximum atomic E-state index is 12.2. The van der Waals surface area contributed by atoms with Gasteiger partial charge in [-0.15, -0.1) is 11.3 Å². The van der Waals surface area contributed by atoms with Crippen LogP contribution < -0.4 is 10.1 Å². The summed E-state index contributed by atoms with van der Waals surface area (Å²) in [6.07, 6.45) is 0. The van der Waals surface area contributed by atoms with E-state index < -0.39 is 5.97 Å². The van der Waals surface area contributed by atoms with E-state index in [9.17, 15) is 9.59 Å². The first-order chi connectivity index (χ1) is 11.0. The molecule has 6 heteroatoms. The van der Waals surface area contributed by atoms with Crippen molar-refractivity contribution >= 4 is 28.9 Å². The zero-order chi connectivity index (χ0) is 16.8. The van der Waals surface area contributed by atoms with E-state index in [1.54, 1.807) is 31.2 Å². The maximum absolute atomic E-state index is 12.2. The number of amides is 1. The van der Waals surface area contributed by atoms with Crippen LogP contribution in [-0.4, -0.2) is 25.1 Å². The molecule has 0 bridgehead atoms. The predicted molar refractivity (Wildman–Crippen MR) is 90.3 cm³/mol. The van der Waals surface area contributed by atoms with E-state index in [1.165, 1.54) is 11.3 Å². The topological polar surface area (TPSA) is 64.6 Å². The summed E-state index contributed by atoms with van der Waals surface area (Å²) in [5, 5.41) is 2.83. The first-order valence-corrected chi connectivity index (χ1v) is 8.08. The number of carbonyl (C=O) groups excluding carboxylic acids is 2. The molecule has 0 atom stereocenters. The third kappa shape index (κ3) is 4.82. The minimum atomic E-state index is -0.425. The number of ether oxygens (including phenoxy) is 2. The van der Waals surface area contributed by atoms with Gasteiger partial charge in [0.15, 0.2) is 6.61 Å². The van der Waals surface area contributed by atoms with Crippen molar-refractivity contribution in [3.8, 4) is 5.75 Å². The molecule has 0 saturated heterocycles. The van der Waals surface area contributed by atoms with Crippen LogP contribution in [0, 0.1) is 13.8 Å². The minimum Gasteiger partial charge on any atom is -0.482 e. The average molecular weight is 333 g/mol. The van der Waals surface area contributed by atoms with Crippen molar-refractivity contribution in [2.45, 2.75) is 20.8 Å². The second kappa shape index (κ2) is 7.78. The van der Waals surface area contributed by atoms with Gasteiger partial charge in [-0.25, -0.2) is 4.79 Å². The Bertz CT molecular complexity index is 689. The van der Waals surface area contributed by atoms with Crippen LogP contribution in [0.1, 0.15) is 27.0 Å². The van der Waals surface area contributed by atoms with E-state index in [-0.39, 0.29) is 12.5 Å². The Kier molecular flexibility index (Phi) is 5.76. The molecule has 0 spiro atoms. The number of thiophene rings is 1. The van der Waals surface area contributed by atoms with Gasteiger partial charge in [-0.1, -0.05) is 6.07 Å². The van der Waals surface area contributed by atoms with E-state index in [4.69, 9.17) is 9.47 Å². The van der Waals surface area contributed by atoms with Crippen molar-refractivity contribution in [1.29, 1.82) is 0 Å².